The lowest BCUT2D eigenvalue weighted by molar-refractivity contribution is -0.133. The van der Waals surface area contributed by atoms with E-state index in [4.69, 9.17) is 4.99 Å². The molecule has 1 aliphatic heterocycles. The molecule has 0 saturated carbocycles. The number of amides is 2. The van der Waals surface area contributed by atoms with E-state index in [0.717, 1.165) is 22.4 Å². The van der Waals surface area contributed by atoms with E-state index < -0.39 is 18.2 Å². The van der Waals surface area contributed by atoms with Crippen molar-refractivity contribution in [3.05, 3.63) is 102 Å². The molecule has 1 heterocycles. The van der Waals surface area contributed by atoms with Crippen molar-refractivity contribution in [1.82, 2.24) is 5.32 Å². The van der Waals surface area contributed by atoms with Gasteiger partial charge in [0.15, 0.2) is 0 Å². The first-order valence-corrected chi connectivity index (χ1v) is 12.4. The topological polar surface area (TPSA) is 82.0 Å². The molecule has 6 heteroatoms. The fraction of sp³-hybridized carbons (Fsp3) is 0.300. The molecule has 0 fully saturated rings. The Labute approximate surface area is 212 Å². The molecule has 186 valence electrons. The van der Waals surface area contributed by atoms with Gasteiger partial charge in [-0.25, -0.2) is 4.99 Å². The number of aliphatic hydroxyl groups is 1. The average Bonchev–Trinajstić information content (AvgIpc) is 2.99. The van der Waals surface area contributed by atoms with Crippen LogP contribution in [0.1, 0.15) is 37.0 Å². The van der Waals surface area contributed by atoms with E-state index in [-0.39, 0.29) is 17.7 Å². The summed E-state index contributed by atoms with van der Waals surface area (Å²) < 4.78 is 0. The van der Waals surface area contributed by atoms with Crippen molar-refractivity contribution in [3.63, 3.8) is 0 Å². The van der Waals surface area contributed by atoms with Crippen LogP contribution in [0.2, 0.25) is 0 Å². The van der Waals surface area contributed by atoms with Gasteiger partial charge in [-0.05, 0) is 30.4 Å². The number of nitrogens with zero attached hydrogens (tertiary/aromatic N) is 2. The lowest BCUT2D eigenvalue weighted by Crippen LogP contribution is -2.50. The smallest absolute Gasteiger partial charge is 0.272 e. The van der Waals surface area contributed by atoms with Crippen molar-refractivity contribution in [1.29, 1.82) is 0 Å². The summed E-state index contributed by atoms with van der Waals surface area (Å²) in [5, 5.41) is 13.9. The van der Waals surface area contributed by atoms with Crippen molar-refractivity contribution in [2.24, 2.45) is 16.8 Å². The van der Waals surface area contributed by atoms with Gasteiger partial charge in [0.1, 0.15) is 0 Å². The molecule has 0 bridgehead atoms. The molecule has 36 heavy (non-hydrogen) atoms. The average molecular weight is 484 g/mol. The number of likely N-dealkylation sites (N-methyl/N-ethyl adjacent to an activating group) is 1. The Balaban J connectivity index is 1.66. The maximum atomic E-state index is 13.5. The molecule has 3 aromatic carbocycles. The van der Waals surface area contributed by atoms with Gasteiger partial charge in [0.05, 0.1) is 23.4 Å². The quantitative estimate of drug-likeness (QED) is 0.504. The van der Waals surface area contributed by atoms with Crippen LogP contribution in [0, 0.1) is 11.8 Å². The van der Waals surface area contributed by atoms with E-state index in [1.807, 2.05) is 98.8 Å². The first-order chi connectivity index (χ1) is 17.3. The van der Waals surface area contributed by atoms with Crippen molar-refractivity contribution < 1.29 is 14.7 Å². The Morgan fingerprint density at radius 3 is 2.25 bits per heavy atom. The van der Waals surface area contributed by atoms with Gasteiger partial charge in [0.2, 0.25) is 12.1 Å². The molecule has 1 aliphatic rings. The van der Waals surface area contributed by atoms with Crippen LogP contribution in [-0.4, -0.2) is 41.9 Å². The van der Waals surface area contributed by atoms with Gasteiger partial charge in [-0.1, -0.05) is 92.7 Å². The molecule has 3 atom stereocenters. The summed E-state index contributed by atoms with van der Waals surface area (Å²) in [4.78, 5) is 33.3. The van der Waals surface area contributed by atoms with Crippen LogP contribution in [0.25, 0.3) is 0 Å². The number of para-hydroxylation sites is 1. The van der Waals surface area contributed by atoms with Crippen molar-refractivity contribution in [2.75, 3.05) is 11.9 Å². The SMILES string of the molecule is CC(C)C[C@H](C(=O)NC1N=C(c2ccccc2)c2ccccc2N(C)C1=O)[C@@H](O)Cc1ccccc1. The number of benzodiazepines with no additional fused rings is 1. The van der Waals surface area contributed by atoms with Crippen LogP contribution in [0.15, 0.2) is 89.9 Å². The highest BCUT2D eigenvalue weighted by Crippen LogP contribution is 2.27. The van der Waals surface area contributed by atoms with Crippen molar-refractivity contribution in [2.45, 2.75) is 39.0 Å². The number of carbonyl (C=O) groups excluding carboxylic acids is 2. The zero-order valence-electron chi connectivity index (χ0n) is 21.0. The Bertz CT molecular complexity index is 1220. The third-order valence-corrected chi connectivity index (χ3v) is 6.48. The second kappa shape index (κ2) is 11.3. The fourth-order valence-electron chi connectivity index (χ4n) is 4.63. The minimum atomic E-state index is -1.11. The van der Waals surface area contributed by atoms with Crippen molar-refractivity contribution in [3.8, 4) is 0 Å². The number of aliphatic imine (C=N–C) groups is 1. The minimum absolute atomic E-state index is 0.186. The Morgan fingerprint density at radius 2 is 1.58 bits per heavy atom. The Hall–Kier alpha value is -3.77. The number of hydrogen-bond donors (Lipinski definition) is 2. The molecule has 0 radical (unpaired) electrons. The van der Waals surface area contributed by atoms with Gasteiger partial charge < -0.3 is 15.3 Å². The molecule has 3 aromatic rings. The van der Waals surface area contributed by atoms with Crippen LogP contribution in [-0.2, 0) is 16.0 Å². The minimum Gasteiger partial charge on any atom is -0.392 e. The second-order valence-corrected chi connectivity index (χ2v) is 9.66. The Morgan fingerprint density at radius 1 is 0.972 bits per heavy atom. The van der Waals surface area contributed by atoms with Gasteiger partial charge in [-0.3, -0.25) is 9.59 Å². The number of aliphatic hydroxyl groups excluding tert-OH is 1. The van der Waals surface area contributed by atoms with Crippen LogP contribution in [0.3, 0.4) is 0 Å². The van der Waals surface area contributed by atoms with Crippen LogP contribution in [0.4, 0.5) is 5.69 Å². The van der Waals surface area contributed by atoms with Gasteiger partial charge >= 0.3 is 0 Å². The number of hydrogen-bond acceptors (Lipinski definition) is 4. The molecule has 2 amide bonds. The van der Waals surface area contributed by atoms with Crippen LogP contribution in [0.5, 0.6) is 0 Å². The maximum absolute atomic E-state index is 13.5. The zero-order chi connectivity index (χ0) is 25.7. The summed E-state index contributed by atoms with van der Waals surface area (Å²) >= 11 is 0. The number of fused-ring (bicyclic) bond motifs is 1. The summed E-state index contributed by atoms with van der Waals surface area (Å²) in [7, 11) is 1.69. The van der Waals surface area contributed by atoms with Gasteiger partial charge in [0, 0.05) is 18.2 Å². The fourth-order valence-corrected chi connectivity index (χ4v) is 4.63. The molecule has 4 rings (SSSR count). The molecule has 0 saturated heterocycles. The standard InChI is InChI=1S/C30H33N3O3/c1-20(2)18-24(26(34)19-21-12-6-4-7-13-21)29(35)32-28-30(36)33(3)25-17-11-10-16-23(25)27(31-28)22-14-8-5-9-15-22/h4-17,20,24,26,28,34H,18-19H2,1-3H3,(H,32,35)/t24-,26-,28?/m0/s1. The normalized spacial score (nSPS) is 17.1. The lowest BCUT2D eigenvalue weighted by atomic mass is 9.88. The van der Waals surface area contributed by atoms with E-state index in [1.165, 1.54) is 4.90 Å². The van der Waals surface area contributed by atoms with E-state index >= 15 is 0 Å². The first kappa shape index (κ1) is 25.3. The molecule has 2 N–H and O–H groups in total. The molecule has 6 nitrogen and oxygen atoms in total. The monoisotopic (exact) mass is 483 g/mol. The molecular formula is C30H33N3O3. The summed E-state index contributed by atoms with van der Waals surface area (Å²) in [5.74, 6) is -1.20. The molecule has 0 aromatic heterocycles. The third-order valence-electron chi connectivity index (χ3n) is 6.48. The number of carbonyl (C=O) groups is 2. The summed E-state index contributed by atoms with van der Waals surface area (Å²) in [6.45, 7) is 4.03. The number of rotatable bonds is 8. The number of nitrogens with one attached hydrogen (secondary N) is 1. The lowest BCUT2D eigenvalue weighted by Gasteiger charge is -2.26. The molecule has 1 unspecified atom stereocenters. The van der Waals surface area contributed by atoms with Gasteiger partial charge in [0.25, 0.3) is 5.91 Å². The predicted octanol–water partition coefficient (Wildman–Crippen LogP) is 4.21. The first-order valence-electron chi connectivity index (χ1n) is 12.4. The van der Waals surface area contributed by atoms with Crippen molar-refractivity contribution >= 4 is 23.2 Å². The summed E-state index contributed by atoms with van der Waals surface area (Å²) in [6.07, 6.45) is -1.15. The van der Waals surface area contributed by atoms with Gasteiger partial charge in [-0.15, -0.1) is 0 Å². The zero-order valence-corrected chi connectivity index (χ0v) is 21.0. The maximum Gasteiger partial charge on any atom is 0.272 e. The summed E-state index contributed by atoms with van der Waals surface area (Å²) in [6, 6.07) is 26.9. The van der Waals surface area contributed by atoms with Gasteiger partial charge in [-0.2, -0.15) is 0 Å². The van der Waals surface area contributed by atoms with E-state index in [1.54, 1.807) is 7.05 Å². The predicted molar refractivity (Wildman–Crippen MR) is 143 cm³/mol. The second-order valence-electron chi connectivity index (χ2n) is 9.66. The Kier molecular flexibility index (Phi) is 7.96. The van der Waals surface area contributed by atoms with E-state index in [2.05, 4.69) is 5.32 Å². The molecule has 0 spiro atoms. The van der Waals surface area contributed by atoms with Crippen LogP contribution >= 0.6 is 0 Å². The third kappa shape index (κ3) is 5.71. The highest BCUT2D eigenvalue weighted by atomic mass is 16.3. The van der Waals surface area contributed by atoms with E-state index in [9.17, 15) is 14.7 Å². The number of benzene rings is 3. The largest absolute Gasteiger partial charge is 0.392 e. The van der Waals surface area contributed by atoms with E-state index in [0.29, 0.717) is 18.6 Å². The summed E-state index contributed by atoms with van der Waals surface area (Å²) in [5.41, 5.74) is 4.00. The number of anilines is 1. The molecule has 0 aliphatic carbocycles. The molecular weight excluding hydrogens is 450 g/mol. The highest BCUT2D eigenvalue weighted by molar-refractivity contribution is 6.20. The van der Waals surface area contributed by atoms with Crippen LogP contribution < -0.4 is 10.2 Å². The highest BCUT2D eigenvalue weighted by Gasteiger charge is 2.34.